The molecular formula is C15H16BrFN2S. The molecular weight excluding hydrogens is 339 g/mol. The van der Waals surface area contributed by atoms with E-state index in [2.05, 4.69) is 20.9 Å². The third-order valence-electron chi connectivity index (χ3n) is 2.96. The molecule has 2 N–H and O–H groups in total. The van der Waals surface area contributed by atoms with Crippen LogP contribution in [0.3, 0.4) is 0 Å². The number of hydrogen-bond acceptors (Lipinski definition) is 3. The van der Waals surface area contributed by atoms with Crippen LogP contribution in [-0.2, 0) is 6.42 Å². The number of aromatic nitrogens is 1. The van der Waals surface area contributed by atoms with Crippen molar-refractivity contribution in [2.45, 2.75) is 35.7 Å². The first-order chi connectivity index (χ1) is 9.60. The van der Waals surface area contributed by atoms with E-state index in [-0.39, 0.29) is 11.9 Å². The van der Waals surface area contributed by atoms with Crippen LogP contribution in [0.1, 0.15) is 18.9 Å². The highest BCUT2D eigenvalue weighted by molar-refractivity contribution is 9.10. The summed E-state index contributed by atoms with van der Waals surface area (Å²) in [5, 5.41) is 0.866. The Morgan fingerprint density at radius 3 is 2.90 bits per heavy atom. The Balaban J connectivity index is 2.29. The molecule has 2 aromatic rings. The zero-order valence-corrected chi connectivity index (χ0v) is 13.5. The Labute approximate surface area is 131 Å². The van der Waals surface area contributed by atoms with Gasteiger partial charge in [0.25, 0.3) is 0 Å². The average Bonchev–Trinajstić information content (AvgIpc) is 2.44. The molecule has 1 aromatic heterocycles. The highest BCUT2D eigenvalue weighted by Gasteiger charge is 2.11. The lowest BCUT2D eigenvalue weighted by atomic mass is 10.0. The van der Waals surface area contributed by atoms with Gasteiger partial charge in [0.05, 0.1) is 4.47 Å². The molecule has 5 heteroatoms. The van der Waals surface area contributed by atoms with E-state index < -0.39 is 0 Å². The predicted molar refractivity (Wildman–Crippen MR) is 84.4 cm³/mol. The largest absolute Gasteiger partial charge is 0.327 e. The van der Waals surface area contributed by atoms with Crippen LogP contribution >= 0.6 is 27.7 Å². The molecule has 0 aliphatic carbocycles. The number of nitrogens with two attached hydrogens (primary N) is 1. The minimum Gasteiger partial charge on any atom is -0.327 e. The molecule has 1 atom stereocenters. The third kappa shape index (κ3) is 4.04. The lowest BCUT2D eigenvalue weighted by Gasteiger charge is -2.13. The molecule has 0 aliphatic rings. The van der Waals surface area contributed by atoms with Crippen molar-refractivity contribution >= 4 is 27.7 Å². The second-order valence-corrected chi connectivity index (χ2v) is 6.40. The molecule has 0 saturated carbocycles. The van der Waals surface area contributed by atoms with Gasteiger partial charge in [-0.15, -0.1) is 0 Å². The Hall–Kier alpha value is -0.910. The quantitative estimate of drug-likeness (QED) is 0.863. The van der Waals surface area contributed by atoms with Gasteiger partial charge >= 0.3 is 0 Å². The molecule has 106 valence electrons. The minimum absolute atomic E-state index is 0.0447. The molecule has 2 rings (SSSR count). The summed E-state index contributed by atoms with van der Waals surface area (Å²) in [6.07, 6.45) is 3.28. The maximum atomic E-state index is 13.4. The van der Waals surface area contributed by atoms with Crippen molar-refractivity contribution in [2.24, 2.45) is 5.73 Å². The van der Waals surface area contributed by atoms with Gasteiger partial charge in [-0.05, 0) is 64.7 Å². The van der Waals surface area contributed by atoms with Crippen LogP contribution in [0.15, 0.2) is 50.9 Å². The van der Waals surface area contributed by atoms with Crippen LogP contribution in [0.4, 0.5) is 4.39 Å². The van der Waals surface area contributed by atoms with Crippen molar-refractivity contribution in [2.75, 3.05) is 0 Å². The monoisotopic (exact) mass is 354 g/mol. The maximum absolute atomic E-state index is 13.4. The van der Waals surface area contributed by atoms with E-state index >= 15 is 0 Å². The highest BCUT2D eigenvalue weighted by atomic mass is 79.9. The Kier molecular flexibility index (Phi) is 5.57. The normalized spacial score (nSPS) is 12.4. The van der Waals surface area contributed by atoms with Crippen molar-refractivity contribution in [1.29, 1.82) is 0 Å². The molecule has 20 heavy (non-hydrogen) atoms. The second kappa shape index (κ2) is 7.20. The summed E-state index contributed by atoms with van der Waals surface area (Å²) in [4.78, 5) is 5.32. The number of pyridine rings is 1. The molecule has 0 bridgehead atoms. The highest BCUT2D eigenvalue weighted by Crippen LogP contribution is 2.34. The number of hydrogen-bond donors (Lipinski definition) is 1. The summed E-state index contributed by atoms with van der Waals surface area (Å²) in [5.74, 6) is -0.229. The topological polar surface area (TPSA) is 38.9 Å². The van der Waals surface area contributed by atoms with E-state index in [0.717, 1.165) is 26.4 Å². The van der Waals surface area contributed by atoms with E-state index in [4.69, 9.17) is 5.73 Å². The summed E-state index contributed by atoms with van der Waals surface area (Å²) in [6.45, 7) is 2.03. The number of nitrogens with zero attached hydrogens (tertiary/aromatic N) is 1. The molecule has 1 unspecified atom stereocenters. The predicted octanol–water partition coefficient (Wildman–Crippen LogP) is 4.41. The fourth-order valence-corrected chi connectivity index (χ4v) is 3.18. The SMILES string of the molecule is CCC(N)Cc1cc(F)ccc1Sc1ncccc1Br. The standard InChI is InChI=1S/C15H16BrFN2S/c1-2-12(18)9-10-8-11(17)5-6-14(10)20-15-13(16)4-3-7-19-15/h3-8,12H,2,9,18H2,1H3. The summed E-state index contributed by atoms with van der Waals surface area (Å²) in [5.41, 5.74) is 6.92. The van der Waals surface area contributed by atoms with Crippen molar-refractivity contribution in [3.8, 4) is 0 Å². The van der Waals surface area contributed by atoms with Crippen LogP contribution in [0, 0.1) is 5.82 Å². The number of rotatable bonds is 5. The Bertz CT molecular complexity index is 592. The first kappa shape index (κ1) is 15.5. The molecule has 0 saturated heterocycles. The average molecular weight is 355 g/mol. The smallest absolute Gasteiger partial charge is 0.123 e. The Morgan fingerprint density at radius 1 is 1.40 bits per heavy atom. The van der Waals surface area contributed by atoms with Gasteiger partial charge in [0.2, 0.25) is 0 Å². The van der Waals surface area contributed by atoms with Crippen molar-refractivity contribution in [3.05, 3.63) is 52.4 Å². The van der Waals surface area contributed by atoms with Gasteiger partial charge in [0.1, 0.15) is 10.8 Å². The van der Waals surface area contributed by atoms with Gasteiger partial charge in [-0.2, -0.15) is 0 Å². The summed E-state index contributed by atoms with van der Waals surface area (Å²) < 4.78 is 14.4. The van der Waals surface area contributed by atoms with E-state index in [9.17, 15) is 4.39 Å². The van der Waals surface area contributed by atoms with Gasteiger partial charge in [-0.3, -0.25) is 0 Å². The van der Waals surface area contributed by atoms with Crippen LogP contribution in [0.25, 0.3) is 0 Å². The first-order valence-corrected chi connectivity index (χ1v) is 8.03. The third-order valence-corrected chi connectivity index (χ3v) is 5.00. The van der Waals surface area contributed by atoms with E-state index in [1.54, 1.807) is 18.3 Å². The molecule has 0 fully saturated rings. The van der Waals surface area contributed by atoms with Crippen LogP contribution in [-0.4, -0.2) is 11.0 Å². The first-order valence-electron chi connectivity index (χ1n) is 6.42. The molecule has 0 radical (unpaired) electrons. The lowest BCUT2D eigenvalue weighted by Crippen LogP contribution is -2.21. The molecule has 1 aromatic carbocycles. The molecule has 2 nitrogen and oxygen atoms in total. The van der Waals surface area contributed by atoms with Gasteiger partial charge < -0.3 is 5.73 Å². The van der Waals surface area contributed by atoms with E-state index in [0.29, 0.717) is 6.42 Å². The maximum Gasteiger partial charge on any atom is 0.123 e. The van der Waals surface area contributed by atoms with Crippen molar-refractivity contribution < 1.29 is 4.39 Å². The van der Waals surface area contributed by atoms with Gasteiger partial charge in [0, 0.05) is 17.1 Å². The van der Waals surface area contributed by atoms with E-state index in [1.165, 1.54) is 17.8 Å². The van der Waals surface area contributed by atoms with Crippen LogP contribution in [0.5, 0.6) is 0 Å². The second-order valence-electron chi connectivity index (χ2n) is 4.52. The summed E-state index contributed by atoms with van der Waals surface area (Å²) in [6, 6.07) is 8.68. The zero-order valence-electron chi connectivity index (χ0n) is 11.1. The van der Waals surface area contributed by atoms with Crippen molar-refractivity contribution in [1.82, 2.24) is 4.98 Å². The molecule has 0 aliphatic heterocycles. The van der Waals surface area contributed by atoms with E-state index in [1.807, 2.05) is 19.1 Å². The number of benzene rings is 1. The van der Waals surface area contributed by atoms with Crippen LogP contribution < -0.4 is 5.73 Å². The summed E-state index contributed by atoms with van der Waals surface area (Å²) >= 11 is 5.00. The molecule has 1 heterocycles. The van der Waals surface area contributed by atoms with Gasteiger partial charge in [0.15, 0.2) is 0 Å². The van der Waals surface area contributed by atoms with Gasteiger partial charge in [-0.25, -0.2) is 9.37 Å². The lowest BCUT2D eigenvalue weighted by molar-refractivity contribution is 0.609. The Morgan fingerprint density at radius 2 is 2.20 bits per heavy atom. The van der Waals surface area contributed by atoms with Gasteiger partial charge in [-0.1, -0.05) is 18.7 Å². The fraction of sp³-hybridized carbons (Fsp3) is 0.267. The fourth-order valence-electron chi connectivity index (χ4n) is 1.78. The molecule has 0 spiro atoms. The zero-order chi connectivity index (χ0) is 14.5. The van der Waals surface area contributed by atoms with Crippen molar-refractivity contribution in [3.63, 3.8) is 0 Å². The minimum atomic E-state index is -0.229. The summed E-state index contributed by atoms with van der Waals surface area (Å²) in [7, 11) is 0. The molecule has 0 amide bonds. The number of halogens is 2. The van der Waals surface area contributed by atoms with Crippen LogP contribution in [0.2, 0.25) is 0 Å².